The molecule has 1 fully saturated rings. The molecule has 3 amide bonds. The number of fused-ring (bicyclic) bond motifs is 3. The molecule has 3 aliphatic rings. The number of ether oxygens (including phenoxy) is 2. The molecule has 6 rings (SSSR count). The van der Waals surface area contributed by atoms with Crippen molar-refractivity contribution in [2.24, 2.45) is 0 Å². The van der Waals surface area contributed by atoms with Crippen LogP contribution in [0.15, 0.2) is 54.6 Å². The van der Waals surface area contributed by atoms with Crippen molar-refractivity contribution in [3.63, 3.8) is 0 Å². The summed E-state index contributed by atoms with van der Waals surface area (Å²) < 4.78 is 14.0. The van der Waals surface area contributed by atoms with Crippen molar-refractivity contribution >= 4 is 17.7 Å². The van der Waals surface area contributed by atoms with Crippen LogP contribution in [0, 0.1) is 13.8 Å². The average molecular weight is 500 g/mol. The number of hydrogen-bond donors (Lipinski definition) is 1. The summed E-state index contributed by atoms with van der Waals surface area (Å²) in [6.07, 6.45) is 1.98. The largest absolute Gasteiger partial charge is 0.486 e. The molecule has 2 aromatic carbocycles. The standard InChI is InChI=1S/C29H29N3O5/c1-18-14-22(19(2)31(18)15-21-17-36-25-11-5-6-12-26(25)37-21)24(33)16-32-27(34)29(30-28(32)35)13-7-9-20-8-3-4-10-23(20)29/h3-6,8,10-12,14,21H,7,9,13,15-17H2,1-2H3,(H,30,35)/t21-,29-/m1/s1. The Hall–Kier alpha value is -4.07. The van der Waals surface area contributed by atoms with Gasteiger partial charge >= 0.3 is 6.03 Å². The van der Waals surface area contributed by atoms with Crippen LogP contribution in [0.25, 0.3) is 0 Å². The molecule has 1 N–H and O–H groups in total. The van der Waals surface area contributed by atoms with Gasteiger partial charge in [-0.25, -0.2) is 4.79 Å². The van der Waals surface area contributed by atoms with Crippen LogP contribution >= 0.6 is 0 Å². The van der Waals surface area contributed by atoms with Gasteiger partial charge in [0.2, 0.25) is 0 Å². The van der Waals surface area contributed by atoms with E-state index in [4.69, 9.17) is 9.47 Å². The Kier molecular flexibility index (Phi) is 5.55. The first-order valence-corrected chi connectivity index (χ1v) is 12.7. The number of imide groups is 1. The van der Waals surface area contributed by atoms with Gasteiger partial charge in [0.15, 0.2) is 23.4 Å². The summed E-state index contributed by atoms with van der Waals surface area (Å²) in [5.74, 6) is 0.810. The molecule has 2 atom stereocenters. The van der Waals surface area contributed by atoms with Gasteiger partial charge in [-0.1, -0.05) is 36.4 Å². The number of rotatable bonds is 5. The van der Waals surface area contributed by atoms with Crippen molar-refractivity contribution in [2.45, 2.75) is 51.3 Å². The second kappa shape index (κ2) is 8.80. The zero-order valence-corrected chi connectivity index (χ0v) is 21.0. The Bertz CT molecular complexity index is 1430. The SMILES string of the molecule is Cc1cc(C(=O)CN2C(=O)N[C@@]3(CCCc4ccccc43)C2=O)c(C)n1C[C@@H]1COc2ccccc2O1. The van der Waals surface area contributed by atoms with E-state index >= 15 is 0 Å². The second-order valence-corrected chi connectivity index (χ2v) is 10.1. The predicted octanol–water partition coefficient (Wildman–Crippen LogP) is 3.91. The maximum atomic E-state index is 13.6. The van der Waals surface area contributed by atoms with Crippen molar-refractivity contribution in [1.82, 2.24) is 14.8 Å². The van der Waals surface area contributed by atoms with Crippen molar-refractivity contribution in [2.75, 3.05) is 13.2 Å². The third-order valence-corrected chi connectivity index (χ3v) is 7.78. The minimum absolute atomic E-state index is 0.209. The lowest BCUT2D eigenvalue weighted by Crippen LogP contribution is -2.46. The van der Waals surface area contributed by atoms with Gasteiger partial charge in [0, 0.05) is 17.0 Å². The fourth-order valence-electron chi connectivity index (χ4n) is 5.90. The van der Waals surface area contributed by atoms with Gasteiger partial charge in [0.25, 0.3) is 5.91 Å². The van der Waals surface area contributed by atoms with Crippen molar-refractivity contribution in [3.8, 4) is 11.5 Å². The lowest BCUT2D eigenvalue weighted by Gasteiger charge is -2.33. The normalized spacial score (nSPS) is 22.2. The Labute approximate surface area is 215 Å². The highest BCUT2D eigenvalue weighted by Crippen LogP contribution is 2.40. The third-order valence-electron chi connectivity index (χ3n) is 7.78. The van der Waals surface area contributed by atoms with Crippen molar-refractivity contribution < 1.29 is 23.9 Å². The van der Waals surface area contributed by atoms with E-state index < -0.39 is 11.6 Å². The number of aromatic nitrogens is 1. The first-order chi connectivity index (χ1) is 17.9. The number of carbonyl (C=O) groups excluding carboxylic acids is 3. The molecule has 0 saturated carbocycles. The number of Topliss-reactive ketones (excluding diaryl/α,β-unsaturated/α-hetero) is 1. The lowest BCUT2D eigenvalue weighted by atomic mass is 9.76. The van der Waals surface area contributed by atoms with Crippen LogP contribution in [0.2, 0.25) is 0 Å². The Morgan fingerprint density at radius 2 is 1.84 bits per heavy atom. The molecule has 3 aromatic rings. The number of nitrogens with one attached hydrogen (secondary N) is 1. The molecule has 3 heterocycles. The van der Waals surface area contributed by atoms with Crippen molar-refractivity contribution in [3.05, 3.63) is 82.7 Å². The molecule has 37 heavy (non-hydrogen) atoms. The monoisotopic (exact) mass is 499 g/mol. The van der Waals surface area contributed by atoms with E-state index in [0.717, 1.165) is 46.0 Å². The Balaban J connectivity index is 1.20. The molecule has 2 aliphatic heterocycles. The number of benzene rings is 2. The summed E-state index contributed by atoms with van der Waals surface area (Å²) in [6, 6.07) is 16.6. The predicted molar refractivity (Wildman–Crippen MR) is 136 cm³/mol. The number of aryl methyl sites for hydroxylation is 2. The van der Waals surface area contributed by atoms with E-state index in [0.29, 0.717) is 30.9 Å². The zero-order chi connectivity index (χ0) is 25.7. The van der Waals surface area contributed by atoms with Gasteiger partial charge in [-0.2, -0.15) is 0 Å². The van der Waals surface area contributed by atoms with E-state index in [9.17, 15) is 14.4 Å². The van der Waals surface area contributed by atoms with E-state index in [1.807, 2.05) is 73.0 Å². The molecule has 8 nitrogen and oxygen atoms in total. The summed E-state index contributed by atoms with van der Waals surface area (Å²) in [5.41, 5.74) is 2.99. The smallest absolute Gasteiger partial charge is 0.325 e. The molecule has 8 heteroatoms. The topological polar surface area (TPSA) is 89.9 Å². The van der Waals surface area contributed by atoms with Crippen LogP contribution in [-0.2, 0) is 23.3 Å². The quantitative estimate of drug-likeness (QED) is 0.425. The minimum Gasteiger partial charge on any atom is -0.486 e. The number of nitrogens with zero attached hydrogens (tertiary/aromatic N) is 2. The van der Waals surface area contributed by atoms with Crippen LogP contribution in [-0.4, -0.2) is 46.4 Å². The third kappa shape index (κ3) is 3.79. The van der Waals surface area contributed by atoms with Gasteiger partial charge in [-0.05, 0) is 62.4 Å². The highest BCUT2D eigenvalue weighted by molar-refractivity contribution is 6.11. The van der Waals surface area contributed by atoms with Crippen LogP contribution in [0.1, 0.15) is 45.7 Å². The highest BCUT2D eigenvalue weighted by atomic mass is 16.6. The lowest BCUT2D eigenvalue weighted by molar-refractivity contribution is -0.131. The summed E-state index contributed by atoms with van der Waals surface area (Å²) in [4.78, 5) is 41.0. The van der Waals surface area contributed by atoms with E-state index in [1.54, 1.807) is 0 Å². The number of hydrogen-bond acceptors (Lipinski definition) is 5. The maximum absolute atomic E-state index is 13.6. The molecule has 1 aromatic heterocycles. The van der Waals surface area contributed by atoms with Gasteiger partial charge in [0.05, 0.1) is 13.1 Å². The van der Waals surface area contributed by atoms with Crippen LogP contribution in [0.5, 0.6) is 11.5 Å². The van der Waals surface area contributed by atoms with Crippen LogP contribution in [0.3, 0.4) is 0 Å². The average Bonchev–Trinajstić information content (AvgIpc) is 3.31. The molecule has 0 bridgehead atoms. The number of para-hydroxylation sites is 2. The van der Waals surface area contributed by atoms with E-state index in [1.165, 1.54) is 0 Å². The second-order valence-electron chi connectivity index (χ2n) is 10.1. The fourth-order valence-corrected chi connectivity index (χ4v) is 5.90. The van der Waals surface area contributed by atoms with Gasteiger partial charge in [-0.3, -0.25) is 14.5 Å². The van der Waals surface area contributed by atoms with Crippen LogP contribution in [0.4, 0.5) is 4.79 Å². The molecular formula is C29H29N3O5. The zero-order valence-electron chi connectivity index (χ0n) is 21.0. The van der Waals surface area contributed by atoms with Gasteiger partial charge in [0.1, 0.15) is 12.1 Å². The Morgan fingerprint density at radius 3 is 2.68 bits per heavy atom. The molecule has 1 aliphatic carbocycles. The molecule has 1 spiro atoms. The van der Waals surface area contributed by atoms with Crippen LogP contribution < -0.4 is 14.8 Å². The Morgan fingerprint density at radius 1 is 1.08 bits per heavy atom. The van der Waals surface area contributed by atoms with Crippen molar-refractivity contribution in [1.29, 1.82) is 0 Å². The summed E-state index contributed by atoms with van der Waals surface area (Å²) in [7, 11) is 0. The number of urea groups is 1. The summed E-state index contributed by atoms with van der Waals surface area (Å²) >= 11 is 0. The fraction of sp³-hybridized carbons (Fsp3) is 0.345. The van der Waals surface area contributed by atoms with Gasteiger partial charge in [-0.15, -0.1) is 0 Å². The number of ketones is 1. The molecule has 0 unspecified atom stereocenters. The molecule has 1 saturated heterocycles. The first kappa shape index (κ1) is 23.3. The molecular weight excluding hydrogens is 470 g/mol. The molecule has 0 radical (unpaired) electrons. The minimum atomic E-state index is -1.09. The number of carbonyl (C=O) groups is 3. The first-order valence-electron chi connectivity index (χ1n) is 12.7. The van der Waals surface area contributed by atoms with Gasteiger partial charge < -0.3 is 19.4 Å². The highest BCUT2D eigenvalue weighted by Gasteiger charge is 2.54. The summed E-state index contributed by atoms with van der Waals surface area (Å²) in [5, 5.41) is 2.93. The maximum Gasteiger partial charge on any atom is 0.325 e. The molecule has 190 valence electrons. The summed E-state index contributed by atoms with van der Waals surface area (Å²) in [6.45, 7) is 4.44. The number of amides is 3. The van der Waals surface area contributed by atoms with E-state index in [-0.39, 0.29) is 24.3 Å². The van der Waals surface area contributed by atoms with E-state index in [2.05, 4.69) is 5.32 Å².